The largest absolute Gasteiger partial charge is 0.482 e. The number of nitrogens with two attached hydrogens (primary N) is 2. The molecule has 1 unspecified atom stereocenters. The number of carbonyl (C=O) groups is 1. The first-order chi connectivity index (χ1) is 20.3. The number of ether oxygens (including phenoxy) is 2. The summed E-state index contributed by atoms with van der Waals surface area (Å²) in [6.07, 6.45) is 2.26. The van der Waals surface area contributed by atoms with Gasteiger partial charge in [0, 0.05) is 54.0 Å². The second-order valence-corrected chi connectivity index (χ2v) is 10.9. The number of nitrogens with zero attached hydrogens (tertiary/aromatic N) is 4. The summed E-state index contributed by atoms with van der Waals surface area (Å²) in [5.74, 6) is -0.659. The lowest BCUT2D eigenvalue weighted by Gasteiger charge is -2.31. The molecule has 5 N–H and O–H groups in total. The third kappa shape index (κ3) is 6.28. The average Bonchev–Trinajstić information content (AvgIpc) is 3.31. The highest BCUT2D eigenvalue weighted by Gasteiger charge is 2.36. The van der Waals surface area contributed by atoms with Crippen molar-refractivity contribution in [1.29, 1.82) is 0 Å². The maximum atomic E-state index is 14.6. The minimum absolute atomic E-state index is 0.0551. The summed E-state index contributed by atoms with van der Waals surface area (Å²) >= 11 is 6.69. The van der Waals surface area contributed by atoms with Gasteiger partial charge in [0.2, 0.25) is 0 Å². The van der Waals surface area contributed by atoms with Crippen LogP contribution in [0.4, 0.5) is 10.2 Å². The molecule has 4 rings (SSSR count). The van der Waals surface area contributed by atoms with Crippen LogP contribution in [0, 0.1) is 11.7 Å². The highest BCUT2D eigenvalue weighted by molar-refractivity contribution is 6.47. The second-order valence-electron chi connectivity index (χ2n) is 10.5. The lowest BCUT2D eigenvalue weighted by Crippen LogP contribution is -2.37. The molecule has 2 aromatic heterocycles. The molecular formula is C29H33B2ClFN7O3. The number of aliphatic imine (C=N–C) groups is 1. The van der Waals surface area contributed by atoms with Gasteiger partial charge in [0.1, 0.15) is 18.0 Å². The van der Waals surface area contributed by atoms with Crippen molar-refractivity contribution in [2.24, 2.45) is 22.4 Å². The number of pyridine rings is 1. The van der Waals surface area contributed by atoms with Crippen LogP contribution in [-0.2, 0) is 21.3 Å². The number of benzene rings is 1. The van der Waals surface area contributed by atoms with Crippen LogP contribution >= 0.6 is 11.6 Å². The monoisotopic (exact) mass is 603 g/mol. The summed E-state index contributed by atoms with van der Waals surface area (Å²) in [5.41, 5.74) is 15.1. The molecule has 0 amide bonds. The van der Waals surface area contributed by atoms with E-state index in [0.717, 1.165) is 0 Å². The zero-order chi connectivity index (χ0) is 31.6. The van der Waals surface area contributed by atoms with Crippen molar-refractivity contribution >= 4 is 51.0 Å². The number of hydrogen-bond acceptors (Lipinski definition) is 9. The molecule has 14 heteroatoms. The van der Waals surface area contributed by atoms with Crippen molar-refractivity contribution in [2.45, 2.75) is 51.6 Å². The van der Waals surface area contributed by atoms with Crippen LogP contribution in [-0.4, -0.2) is 62.5 Å². The molecule has 10 nitrogen and oxygen atoms in total. The molecule has 3 heterocycles. The Bertz CT molecular complexity index is 1590. The summed E-state index contributed by atoms with van der Waals surface area (Å²) in [6.45, 7) is 7.46. The quantitative estimate of drug-likeness (QED) is 0.161. The number of fused-ring (bicyclic) bond motifs is 5. The fourth-order valence-corrected chi connectivity index (χ4v) is 5.18. The number of esters is 1. The normalized spacial score (nSPS) is 18.7. The Morgan fingerprint density at radius 1 is 1.37 bits per heavy atom. The minimum atomic E-state index is -1.79. The van der Waals surface area contributed by atoms with Gasteiger partial charge in [0.05, 0.1) is 21.4 Å². The van der Waals surface area contributed by atoms with Gasteiger partial charge >= 0.3 is 5.97 Å². The molecule has 43 heavy (non-hydrogen) atoms. The van der Waals surface area contributed by atoms with Gasteiger partial charge in [-0.3, -0.25) is 14.5 Å². The molecule has 222 valence electrons. The first kappa shape index (κ1) is 32.1. The summed E-state index contributed by atoms with van der Waals surface area (Å²) in [7, 11) is 15.3. The van der Waals surface area contributed by atoms with Crippen molar-refractivity contribution in [3.8, 4) is 17.0 Å². The van der Waals surface area contributed by atoms with E-state index in [9.17, 15) is 9.18 Å². The lowest BCUT2D eigenvalue weighted by molar-refractivity contribution is -0.145. The molecule has 1 aliphatic heterocycles. The number of aryl methyl sites for hydroxylation is 1. The molecule has 4 radical (unpaired) electrons. The molecular weight excluding hydrogens is 570 g/mol. The highest BCUT2D eigenvalue weighted by Crippen LogP contribution is 2.43. The van der Waals surface area contributed by atoms with E-state index in [1.165, 1.54) is 24.4 Å². The highest BCUT2D eigenvalue weighted by atomic mass is 35.5. The number of nitrogens with one attached hydrogen (secondary N) is 1. The van der Waals surface area contributed by atoms with E-state index in [2.05, 4.69) is 20.4 Å². The number of carbonyl (C=O) groups excluding carboxylic acids is 1. The number of rotatable bonds is 7. The third-order valence-corrected chi connectivity index (χ3v) is 7.50. The molecule has 0 saturated carbocycles. The predicted octanol–water partition coefficient (Wildman–Crippen LogP) is 3.67. The summed E-state index contributed by atoms with van der Waals surface area (Å²) in [4.78, 5) is 21.0. The van der Waals surface area contributed by atoms with E-state index in [1.54, 1.807) is 30.9 Å². The SMILES string of the molecule is [B]C1([B])/C(C=NC)=C(/N)c2ccc(F)cc2[C@@H](C)Oc2cc(cnc2NCOC(=O)C(N)C(C)C)-c2c1c(Cl)nn2CC. The third-order valence-electron chi connectivity index (χ3n) is 7.23. The molecule has 2 bridgehead atoms. The van der Waals surface area contributed by atoms with Gasteiger partial charge in [-0.25, -0.2) is 9.37 Å². The van der Waals surface area contributed by atoms with Crippen LogP contribution in [0.3, 0.4) is 0 Å². The van der Waals surface area contributed by atoms with E-state index in [0.29, 0.717) is 28.9 Å². The first-order valence-electron chi connectivity index (χ1n) is 13.7. The average molecular weight is 604 g/mol. The van der Waals surface area contributed by atoms with E-state index in [-0.39, 0.29) is 46.2 Å². The maximum absolute atomic E-state index is 14.6. The predicted molar refractivity (Wildman–Crippen MR) is 168 cm³/mol. The van der Waals surface area contributed by atoms with Crippen LogP contribution < -0.4 is 21.5 Å². The Labute approximate surface area is 257 Å². The Kier molecular flexibility index (Phi) is 9.56. The molecule has 1 aromatic carbocycles. The van der Waals surface area contributed by atoms with Crippen molar-refractivity contribution < 1.29 is 18.7 Å². The Morgan fingerprint density at radius 2 is 2.09 bits per heavy atom. The summed E-state index contributed by atoms with van der Waals surface area (Å²) in [6, 6.07) is 5.04. The van der Waals surface area contributed by atoms with Gasteiger partial charge in [-0.15, -0.1) is 0 Å². The number of anilines is 1. The number of allylic oxidation sites excluding steroid dienone is 1. The van der Waals surface area contributed by atoms with Gasteiger partial charge in [-0.2, -0.15) is 5.10 Å². The van der Waals surface area contributed by atoms with Crippen molar-refractivity contribution in [3.05, 3.63) is 63.7 Å². The standard InChI is InChI=1S/C29H33B2ClFN7O3/c1-6-40-25-16-9-21(27(37-11-16)38-13-42-28(41)23(34)14(2)3)43-15(4)19-10-17(33)7-8-18(19)24(35)20(12-36-5)29(30,31)22(25)26(32)39-40/h7-12,14-15,23H,6,13,34-35H2,1-5H3,(H,37,38)/b24-20+,36-12?/t15-,23?/m1/s1. The van der Waals surface area contributed by atoms with Crippen molar-refractivity contribution in [1.82, 2.24) is 14.8 Å². The zero-order valence-corrected chi connectivity index (χ0v) is 25.4. The van der Waals surface area contributed by atoms with E-state index >= 15 is 0 Å². The second kappa shape index (κ2) is 12.8. The summed E-state index contributed by atoms with van der Waals surface area (Å²) in [5, 5.41) is 5.70. The van der Waals surface area contributed by atoms with Gasteiger partial charge in [0.15, 0.2) is 23.5 Å². The smallest absolute Gasteiger partial charge is 0.324 e. The van der Waals surface area contributed by atoms with Crippen LogP contribution in [0.2, 0.25) is 5.15 Å². The number of hydrogen-bond donors (Lipinski definition) is 3. The number of halogens is 2. The molecule has 2 atom stereocenters. The van der Waals surface area contributed by atoms with Gasteiger partial charge in [0.25, 0.3) is 0 Å². The lowest BCUT2D eigenvalue weighted by atomic mass is 9.47. The molecule has 0 fully saturated rings. The molecule has 0 saturated heterocycles. The molecule has 0 spiro atoms. The van der Waals surface area contributed by atoms with E-state index in [1.807, 2.05) is 20.8 Å². The Morgan fingerprint density at radius 3 is 2.74 bits per heavy atom. The number of aromatic nitrogens is 3. The Hall–Kier alpha value is -3.83. The van der Waals surface area contributed by atoms with Crippen LogP contribution in [0.5, 0.6) is 5.75 Å². The molecule has 3 aromatic rings. The van der Waals surface area contributed by atoms with Gasteiger partial charge < -0.3 is 26.3 Å². The van der Waals surface area contributed by atoms with E-state index < -0.39 is 29.1 Å². The maximum Gasteiger partial charge on any atom is 0.324 e. The minimum Gasteiger partial charge on any atom is -0.482 e. The van der Waals surface area contributed by atoms with Crippen LogP contribution in [0.25, 0.3) is 17.0 Å². The zero-order valence-electron chi connectivity index (χ0n) is 24.7. The fraction of sp³-hybridized carbons (Fsp3) is 0.379. The van der Waals surface area contributed by atoms with E-state index in [4.69, 9.17) is 48.2 Å². The first-order valence-corrected chi connectivity index (χ1v) is 14.1. The fourth-order valence-electron chi connectivity index (χ4n) is 4.84. The topological polar surface area (TPSA) is 143 Å². The van der Waals surface area contributed by atoms with Crippen LogP contribution in [0.1, 0.15) is 50.5 Å². The molecule has 0 aliphatic carbocycles. The van der Waals surface area contributed by atoms with Crippen LogP contribution in [0.15, 0.2) is 41.0 Å². The molecule has 1 aliphatic rings. The van der Waals surface area contributed by atoms with Gasteiger partial charge in [-0.05, 0) is 54.8 Å². The summed E-state index contributed by atoms with van der Waals surface area (Å²) < 4.78 is 27.9. The van der Waals surface area contributed by atoms with Crippen molar-refractivity contribution in [3.63, 3.8) is 0 Å². The van der Waals surface area contributed by atoms with Gasteiger partial charge in [-0.1, -0.05) is 25.4 Å². The van der Waals surface area contributed by atoms with Crippen molar-refractivity contribution in [2.75, 3.05) is 19.1 Å². The Balaban J connectivity index is 1.95.